The molecule has 2 aromatic rings. The van der Waals surface area contributed by atoms with Crippen molar-refractivity contribution in [3.8, 4) is 0 Å². The first-order valence-electron chi connectivity index (χ1n) is 6.46. The maximum Gasteiger partial charge on any atom is 0.354 e. The molecule has 1 saturated heterocycles. The number of hydrogen-bond acceptors (Lipinski definition) is 5. The number of carboxylic acids is 1. The molecule has 6 heteroatoms. The Balaban J connectivity index is 2.00. The zero-order valence-electron chi connectivity index (χ0n) is 10.9. The number of hydrogen-bond donors (Lipinski definition) is 2. The van der Waals surface area contributed by atoms with Gasteiger partial charge in [0.15, 0.2) is 5.69 Å². The number of para-hydroxylation sites is 1. The number of nitrogens with one attached hydrogen (secondary N) is 1. The molecule has 104 valence electrons. The molecule has 20 heavy (non-hydrogen) atoms. The Morgan fingerprint density at radius 3 is 2.80 bits per heavy atom. The highest BCUT2D eigenvalue weighted by Gasteiger charge is 2.14. The van der Waals surface area contributed by atoms with Gasteiger partial charge in [-0.05, 0) is 12.1 Å². The molecule has 1 aliphatic rings. The first-order valence-corrected chi connectivity index (χ1v) is 6.46. The molecule has 0 amide bonds. The Morgan fingerprint density at radius 2 is 2.05 bits per heavy atom. The number of ether oxygens (including phenoxy) is 1. The maximum atomic E-state index is 11.2. The van der Waals surface area contributed by atoms with Gasteiger partial charge in [-0.3, -0.25) is 0 Å². The first-order chi connectivity index (χ1) is 9.74. The van der Waals surface area contributed by atoms with Crippen LogP contribution < -0.4 is 5.43 Å². The van der Waals surface area contributed by atoms with Gasteiger partial charge in [-0.25, -0.2) is 14.8 Å². The van der Waals surface area contributed by atoms with E-state index in [1.165, 1.54) is 0 Å². The van der Waals surface area contributed by atoms with Crippen molar-refractivity contribution in [3.63, 3.8) is 0 Å². The van der Waals surface area contributed by atoms with Crippen molar-refractivity contribution < 1.29 is 14.6 Å². The summed E-state index contributed by atoms with van der Waals surface area (Å²) < 4.78 is 5.30. The first kappa shape index (κ1) is 12.8. The highest BCUT2D eigenvalue weighted by atomic mass is 16.5. The smallest absolute Gasteiger partial charge is 0.354 e. The molecule has 0 saturated carbocycles. The zero-order valence-corrected chi connectivity index (χ0v) is 10.9. The number of anilines is 1. The van der Waals surface area contributed by atoms with Gasteiger partial charge in [-0.1, -0.05) is 18.2 Å². The van der Waals surface area contributed by atoms with Gasteiger partial charge in [-0.2, -0.15) is 0 Å². The second-order valence-electron chi connectivity index (χ2n) is 4.59. The third kappa shape index (κ3) is 2.56. The molecule has 2 heterocycles. The lowest BCUT2D eigenvalue weighted by Crippen LogP contribution is -2.40. The molecule has 1 aliphatic heterocycles. The zero-order chi connectivity index (χ0) is 13.9. The largest absolute Gasteiger partial charge is 0.477 e. The minimum Gasteiger partial charge on any atom is -0.477 e. The fraction of sp³-hybridized carbons (Fsp3) is 0.286. The van der Waals surface area contributed by atoms with Gasteiger partial charge in [0, 0.05) is 18.5 Å². The van der Waals surface area contributed by atoms with Gasteiger partial charge >= 0.3 is 5.97 Å². The molecule has 0 unspecified atom stereocenters. The van der Waals surface area contributed by atoms with Gasteiger partial charge in [0.25, 0.3) is 0 Å². The second-order valence-corrected chi connectivity index (χ2v) is 4.59. The van der Waals surface area contributed by atoms with Crippen LogP contribution in [0.15, 0.2) is 30.3 Å². The van der Waals surface area contributed by atoms with Crippen LogP contribution in [0.1, 0.15) is 10.5 Å². The molecule has 0 radical (unpaired) electrons. The normalized spacial score (nSPS) is 16.2. The van der Waals surface area contributed by atoms with E-state index in [1.807, 2.05) is 29.3 Å². The van der Waals surface area contributed by atoms with Crippen molar-refractivity contribution in [3.05, 3.63) is 36.0 Å². The third-order valence-electron chi connectivity index (χ3n) is 3.22. The van der Waals surface area contributed by atoms with E-state index in [0.717, 1.165) is 24.2 Å². The fourth-order valence-electron chi connectivity index (χ4n) is 2.22. The van der Waals surface area contributed by atoms with E-state index in [1.54, 1.807) is 6.07 Å². The second kappa shape index (κ2) is 5.44. The van der Waals surface area contributed by atoms with E-state index in [4.69, 9.17) is 9.84 Å². The molecule has 0 bridgehead atoms. The predicted octanol–water partition coefficient (Wildman–Crippen LogP) is 1.59. The minimum atomic E-state index is -1.03. The topological polar surface area (TPSA) is 74.7 Å². The van der Waals surface area contributed by atoms with Gasteiger partial charge in [0.2, 0.25) is 0 Å². The average Bonchev–Trinajstić information content (AvgIpc) is 2.48. The van der Waals surface area contributed by atoms with Crippen LogP contribution in [0.3, 0.4) is 0 Å². The number of rotatable bonds is 3. The number of aromatic nitrogens is 1. The van der Waals surface area contributed by atoms with Crippen molar-refractivity contribution in [1.82, 2.24) is 9.99 Å². The number of carboxylic acid groups (broad SMARTS) is 1. The predicted molar refractivity (Wildman–Crippen MR) is 74.7 cm³/mol. The van der Waals surface area contributed by atoms with Crippen molar-refractivity contribution in [1.29, 1.82) is 0 Å². The summed E-state index contributed by atoms with van der Waals surface area (Å²) in [4.78, 5) is 15.3. The van der Waals surface area contributed by atoms with Crippen LogP contribution in [0.2, 0.25) is 0 Å². The Hall–Kier alpha value is -2.18. The molecule has 6 nitrogen and oxygen atoms in total. The lowest BCUT2D eigenvalue weighted by atomic mass is 10.1. The van der Waals surface area contributed by atoms with Gasteiger partial charge in [-0.15, -0.1) is 0 Å². The fourth-order valence-corrected chi connectivity index (χ4v) is 2.22. The summed E-state index contributed by atoms with van der Waals surface area (Å²) in [5.74, 6) is -1.03. The van der Waals surface area contributed by atoms with Crippen LogP contribution in [0.5, 0.6) is 0 Å². The number of pyridine rings is 1. The summed E-state index contributed by atoms with van der Waals surface area (Å²) in [5.41, 5.74) is 4.74. The highest BCUT2D eigenvalue weighted by molar-refractivity contribution is 5.96. The Labute approximate surface area is 116 Å². The highest BCUT2D eigenvalue weighted by Crippen LogP contribution is 2.23. The average molecular weight is 273 g/mol. The molecule has 1 aromatic heterocycles. The number of benzene rings is 1. The van der Waals surface area contributed by atoms with Crippen molar-refractivity contribution in [2.75, 3.05) is 31.7 Å². The van der Waals surface area contributed by atoms with Gasteiger partial charge in [0.1, 0.15) is 0 Å². The van der Waals surface area contributed by atoms with Crippen molar-refractivity contribution in [2.24, 2.45) is 0 Å². The SMILES string of the molecule is O=C(O)c1cc(NN2CCOCC2)c2ccccc2n1. The Kier molecular flexibility index (Phi) is 3.49. The van der Waals surface area contributed by atoms with E-state index in [9.17, 15) is 4.79 Å². The molecule has 1 fully saturated rings. The number of nitrogens with zero attached hydrogens (tertiary/aromatic N) is 2. The van der Waals surface area contributed by atoms with E-state index in [-0.39, 0.29) is 5.69 Å². The summed E-state index contributed by atoms with van der Waals surface area (Å²) >= 11 is 0. The number of morpholine rings is 1. The van der Waals surface area contributed by atoms with Crippen LogP contribution >= 0.6 is 0 Å². The summed E-state index contributed by atoms with van der Waals surface area (Å²) in [6, 6.07) is 9.07. The van der Waals surface area contributed by atoms with Crippen LogP contribution in [0.4, 0.5) is 5.69 Å². The summed E-state index contributed by atoms with van der Waals surface area (Å²) in [6.07, 6.45) is 0. The van der Waals surface area contributed by atoms with E-state index in [2.05, 4.69) is 10.4 Å². The quantitative estimate of drug-likeness (QED) is 0.884. The van der Waals surface area contributed by atoms with Crippen molar-refractivity contribution >= 4 is 22.6 Å². The van der Waals surface area contributed by atoms with Crippen LogP contribution in [0.25, 0.3) is 10.9 Å². The van der Waals surface area contributed by atoms with E-state index >= 15 is 0 Å². The van der Waals surface area contributed by atoms with Gasteiger partial charge < -0.3 is 15.3 Å². The molecule has 2 N–H and O–H groups in total. The van der Waals surface area contributed by atoms with E-state index in [0.29, 0.717) is 18.7 Å². The van der Waals surface area contributed by atoms with Crippen LogP contribution in [-0.4, -0.2) is 47.4 Å². The summed E-state index contributed by atoms with van der Waals surface area (Å²) in [6.45, 7) is 2.86. The number of fused-ring (bicyclic) bond motifs is 1. The van der Waals surface area contributed by atoms with Crippen molar-refractivity contribution in [2.45, 2.75) is 0 Å². The third-order valence-corrected chi connectivity index (χ3v) is 3.22. The molecular formula is C14H15N3O3. The summed E-state index contributed by atoms with van der Waals surface area (Å²) in [5, 5.41) is 12.1. The lowest BCUT2D eigenvalue weighted by Gasteiger charge is -2.28. The standard InChI is InChI=1S/C14H15N3O3/c18-14(19)13-9-12(16-17-5-7-20-8-6-17)10-3-1-2-4-11(10)15-13/h1-4,9H,5-8H2,(H,15,16)(H,18,19). The maximum absolute atomic E-state index is 11.2. The van der Waals surface area contributed by atoms with Crippen LogP contribution in [0, 0.1) is 0 Å². The number of carbonyl (C=O) groups is 1. The molecule has 1 aromatic carbocycles. The van der Waals surface area contributed by atoms with Crippen LogP contribution in [-0.2, 0) is 4.74 Å². The molecule has 0 atom stereocenters. The molecule has 0 spiro atoms. The molecular weight excluding hydrogens is 258 g/mol. The number of hydrazine groups is 1. The summed E-state index contributed by atoms with van der Waals surface area (Å²) in [7, 11) is 0. The lowest BCUT2D eigenvalue weighted by molar-refractivity contribution is 0.0497. The minimum absolute atomic E-state index is 0.0412. The Bertz CT molecular complexity index is 639. The molecule has 3 rings (SSSR count). The number of aromatic carboxylic acids is 1. The monoisotopic (exact) mass is 273 g/mol. The van der Waals surface area contributed by atoms with E-state index < -0.39 is 5.97 Å². The van der Waals surface area contributed by atoms with Gasteiger partial charge in [0.05, 0.1) is 24.4 Å². The molecule has 0 aliphatic carbocycles. The Morgan fingerprint density at radius 1 is 1.30 bits per heavy atom.